The van der Waals surface area contributed by atoms with Gasteiger partial charge in [0.2, 0.25) is 11.6 Å². The third-order valence-corrected chi connectivity index (χ3v) is 4.28. The number of allylic oxidation sites excluding steroid dienone is 7. The van der Waals surface area contributed by atoms with E-state index < -0.39 is 11.5 Å². The van der Waals surface area contributed by atoms with Gasteiger partial charge in [-0.1, -0.05) is 49.6 Å². The zero-order valence-electron chi connectivity index (χ0n) is 16.4. The first-order valence-corrected chi connectivity index (χ1v) is 9.88. The van der Waals surface area contributed by atoms with Crippen LogP contribution in [0.1, 0.15) is 64.7 Å². The number of rotatable bonds is 14. The highest BCUT2D eigenvalue weighted by Gasteiger charge is 2.28. The van der Waals surface area contributed by atoms with E-state index in [4.69, 9.17) is 4.74 Å². The summed E-state index contributed by atoms with van der Waals surface area (Å²) in [6.45, 7) is 5.75. The Bertz CT molecular complexity index is 620. The first kappa shape index (κ1) is 22.7. The predicted molar refractivity (Wildman–Crippen MR) is 109 cm³/mol. The number of ether oxygens (including phenoxy) is 1. The van der Waals surface area contributed by atoms with Crippen LogP contribution < -0.4 is 0 Å². The number of Topliss-reactive ketones (excluding diaryl/α,β-unsaturated/α-hetero) is 1. The van der Waals surface area contributed by atoms with Gasteiger partial charge in [0.15, 0.2) is 11.5 Å². The van der Waals surface area contributed by atoms with E-state index in [9.17, 15) is 14.7 Å². The molecule has 0 atom stereocenters. The van der Waals surface area contributed by atoms with Gasteiger partial charge >= 0.3 is 0 Å². The molecular formula is C23H32O4. The molecule has 1 rings (SSSR count). The molecule has 1 aliphatic rings. The lowest BCUT2D eigenvalue weighted by Gasteiger charge is -2.15. The number of aliphatic hydroxyl groups excluding tert-OH is 1. The van der Waals surface area contributed by atoms with E-state index >= 15 is 0 Å². The maximum Gasteiger partial charge on any atom is 0.227 e. The number of carbonyl (C=O) groups excluding carboxylic acids is 2. The molecule has 0 unspecified atom stereocenters. The predicted octanol–water partition coefficient (Wildman–Crippen LogP) is 5.68. The molecule has 4 nitrogen and oxygen atoms in total. The third-order valence-electron chi connectivity index (χ3n) is 4.28. The average Bonchev–Trinajstić information content (AvgIpc) is 2.66. The molecule has 0 spiro atoms. The van der Waals surface area contributed by atoms with E-state index in [1.165, 1.54) is 0 Å². The second kappa shape index (κ2) is 13.8. The van der Waals surface area contributed by atoms with Crippen molar-refractivity contribution in [3.8, 4) is 0 Å². The fourth-order valence-electron chi connectivity index (χ4n) is 2.83. The Morgan fingerprint density at radius 2 is 1.67 bits per heavy atom. The molecule has 0 aromatic carbocycles. The smallest absolute Gasteiger partial charge is 0.227 e. The number of unbranched alkanes of at least 4 members (excludes halogenated alkanes) is 5. The molecule has 0 fully saturated rings. The van der Waals surface area contributed by atoms with E-state index in [0.717, 1.165) is 57.4 Å². The minimum atomic E-state index is -0.542. The van der Waals surface area contributed by atoms with Gasteiger partial charge in [0.1, 0.15) is 0 Å². The van der Waals surface area contributed by atoms with E-state index in [1.54, 1.807) is 6.92 Å². The minimum absolute atomic E-state index is 0.0430. The van der Waals surface area contributed by atoms with Crippen molar-refractivity contribution in [3.05, 3.63) is 60.1 Å². The van der Waals surface area contributed by atoms with Gasteiger partial charge < -0.3 is 9.84 Å². The fourth-order valence-corrected chi connectivity index (χ4v) is 2.83. The Hall–Kier alpha value is -2.36. The highest BCUT2D eigenvalue weighted by molar-refractivity contribution is 6.20. The largest absolute Gasteiger partial charge is 0.504 e. The summed E-state index contributed by atoms with van der Waals surface area (Å²) in [4.78, 5) is 24.0. The van der Waals surface area contributed by atoms with Crippen LogP contribution >= 0.6 is 0 Å². The lowest BCUT2D eigenvalue weighted by atomic mass is 9.94. The number of carbonyl (C=O) groups is 2. The molecule has 0 bridgehead atoms. The van der Waals surface area contributed by atoms with Gasteiger partial charge in [-0.3, -0.25) is 9.59 Å². The summed E-state index contributed by atoms with van der Waals surface area (Å²) in [5.74, 6) is -1.28. The van der Waals surface area contributed by atoms with Gasteiger partial charge in [-0.15, -0.1) is 6.58 Å². The van der Waals surface area contributed by atoms with Crippen molar-refractivity contribution in [2.24, 2.45) is 0 Å². The van der Waals surface area contributed by atoms with E-state index in [-0.39, 0.29) is 17.1 Å². The number of aliphatic hydroxyl groups is 1. The van der Waals surface area contributed by atoms with Crippen LogP contribution in [0.4, 0.5) is 0 Å². The highest BCUT2D eigenvalue weighted by atomic mass is 16.5. The van der Waals surface area contributed by atoms with Crippen molar-refractivity contribution in [1.29, 1.82) is 0 Å². The molecule has 1 aliphatic carbocycles. The lowest BCUT2D eigenvalue weighted by molar-refractivity contribution is -0.120. The minimum Gasteiger partial charge on any atom is -0.504 e. The summed E-state index contributed by atoms with van der Waals surface area (Å²) >= 11 is 0. The Morgan fingerprint density at radius 1 is 1.00 bits per heavy atom. The zero-order chi connectivity index (χ0) is 19.9. The maximum atomic E-state index is 12.2. The van der Waals surface area contributed by atoms with Crippen LogP contribution in [0.25, 0.3) is 0 Å². The van der Waals surface area contributed by atoms with Crippen molar-refractivity contribution in [2.75, 3.05) is 6.61 Å². The maximum absolute atomic E-state index is 12.2. The second-order valence-electron chi connectivity index (χ2n) is 6.47. The summed E-state index contributed by atoms with van der Waals surface area (Å²) in [5.41, 5.74) is 0.193. The molecule has 148 valence electrons. The average molecular weight is 373 g/mol. The van der Waals surface area contributed by atoms with Crippen LogP contribution in [0.3, 0.4) is 0 Å². The Balaban J connectivity index is 2.18. The summed E-state index contributed by atoms with van der Waals surface area (Å²) in [6.07, 6.45) is 20.1. The van der Waals surface area contributed by atoms with Crippen LogP contribution in [0.2, 0.25) is 0 Å². The van der Waals surface area contributed by atoms with Crippen LogP contribution in [0.15, 0.2) is 60.1 Å². The van der Waals surface area contributed by atoms with Gasteiger partial charge in [-0.2, -0.15) is 0 Å². The molecule has 0 aromatic rings. The SMILES string of the molecule is C=CC/C=C/C/C=C/CCCCCCCC1=C(O)C(=O)C=C(OCC)C1=O. The van der Waals surface area contributed by atoms with Crippen molar-refractivity contribution >= 4 is 11.6 Å². The third kappa shape index (κ3) is 8.72. The first-order chi connectivity index (χ1) is 13.1. The molecule has 0 amide bonds. The summed E-state index contributed by atoms with van der Waals surface area (Å²) in [6, 6.07) is 0. The second-order valence-corrected chi connectivity index (χ2v) is 6.47. The summed E-state index contributed by atoms with van der Waals surface area (Å²) in [7, 11) is 0. The van der Waals surface area contributed by atoms with Crippen LogP contribution in [-0.4, -0.2) is 23.3 Å². The molecular weight excluding hydrogens is 340 g/mol. The Morgan fingerprint density at radius 3 is 2.41 bits per heavy atom. The Labute approximate surface area is 163 Å². The quantitative estimate of drug-likeness (QED) is 0.242. The number of ketones is 2. The van der Waals surface area contributed by atoms with Crippen LogP contribution in [0, 0.1) is 0 Å². The lowest BCUT2D eigenvalue weighted by Crippen LogP contribution is -2.21. The van der Waals surface area contributed by atoms with Gasteiger partial charge in [-0.25, -0.2) is 0 Å². The molecule has 27 heavy (non-hydrogen) atoms. The Kier molecular flexibility index (Phi) is 11.6. The van der Waals surface area contributed by atoms with Gasteiger partial charge in [0.05, 0.1) is 6.61 Å². The van der Waals surface area contributed by atoms with E-state index in [0.29, 0.717) is 13.0 Å². The van der Waals surface area contributed by atoms with Crippen molar-refractivity contribution in [3.63, 3.8) is 0 Å². The number of hydrogen-bond donors (Lipinski definition) is 1. The molecule has 0 saturated carbocycles. The van der Waals surface area contributed by atoms with Crippen LogP contribution in [-0.2, 0) is 14.3 Å². The first-order valence-electron chi connectivity index (χ1n) is 9.88. The summed E-state index contributed by atoms with van der Waals surface area (Å²) in [5, 5.41) is 9.88. The van der Waals surface area contributed by atoms with Crippen molar-refractivity contribution < 1.29 is 19.4 Å². The van der Waals surface area contributed by atoms with Crippen molar-refractivity contribution in [2.45, 2.75) is 64.7 Å². The molecule has 0 aliphatic heterocycles. The summed E-state index contributed by atoms with van der Waals surface area (Å²) < 4.78 is 5.19. The standard InChI is InChI=1S/C23H32O4/c1-3-5-6-7-8-9-10-11-12-13-14-15-16-17-19-22(25)20(24)18-21(23(19)26)27-4-2/h3,6-7,9-10,18,25H,1,4-5,8,11-17H2,2H3/b7-6+,10-9+. The van der Waals surface area contributed by atoms with Crippen molar-refractivity contribution in [1.82, 2.24) is 0 Å². The molecule has 0 aromatic heterocycles. The molecule has 4 heteroatoms. The normalized spacial score (nSPS) is 15.1. The molecule has 1 N–H and O–H groups in total. The van der Waals surface area contributed by atoms with Gasteiger partial charge in [0, 0.05) is 11.6 Å². The van der Waals surface area contributed by atoms with Gasteiger partial charge in [-0.05, 0) is 45.4 Å². The molecule has 0 radical (unpaired) electrons. The molecule has 0 saturated heterocycles. The van der Waals surface area contributed by atoms with Crippen LogP contribution in [0.5, 0.6) is 0 Å². The highest BCUT2D eigenvalue weighted by Crippen LogP contribution is 2.23. The topological polar surface area (TPSA) is 63.6 Å². The monoisotopic (exact) mass is 372 g/mol. The molecule has 0 heterocycles. The van der Waals surface area contributed by atoms with Gasteiger partial charge in [0.25, 0.3) is 0 Å². The fraction of sp³-hybridized carbons (Fsp3) is 0.478. The zero-order valence-corrected chi connectivity index (χ0v) is 16.4. The van der Waals surface area contributed by atoms with E-state index in [2.05, 4.69) is 30.9 Å². The number of hydrogen-bond acceptors (Lipinski definition) is 4. The van der Waals surface area contributed by atoms with E-state index in [1.807, 2.05) is 6.08 Å².